The first-order valence-corrected chi connectivity index (χ1v) is 6.56. The molecule has 0 aromatic carbocycles. The topological polar surface area (TPSA) is 73.7 Å². The monoisotopic (exact) mass is 320 g/mol. The molecule has 0 radical (unpaired) electrons. The summed E-state index contributed by atoms with van der Waals surface area (Å²) < 4.78 is 37.7. The molecule has 0 fully saturated rings. The Kier molecular flexibility index (Phi) is 5.53. The molecule has 124 valence electrons. The maximum absolute atomic E-state index is 12.6. The Balaban J connectivity index is 2.99. The molecule has 1 rings (SSSR count). The van der Waals surface area contributed by atoms with Crippen LogP contribution in [0.1, 0.15) is 28.7 Å². The lowest BCUT2D eigenvalue weighted by molar-refractivity contribution is -0.141. The summed E-state index contributed by atoms with van der Waals surface area (Å²) in [6, 6.07) is 1.84. The van der Waals surface area contributed by atoms with Gasteiger partial charge >= 0.3 is 6.18 Å². The third-order valence-corrected chi connectivity index (χ3v) is 3.34. The van der Waals surface area contributed by atoms with Crippen molar-refractivity contribution in [3.05, 3.63) is 29.1 Å². The first kappa shape index (κ1) is 18.4. The molecule has 0 aliphatic carbocycles. The Morgan fingerprint density at radius 2 is 1.82 bits per heavy atom. The van der Waals surface area contributed by atoms with Gasteiger partial charge in [-0.1, -0.05) is 6.92 Å². The van der Waals surface area contributed by atoms with E-state index in [2.05, 4.69) is 4.98 Å². The van der Waals surface area contributed by atoms with E-state index in [-0.39, 0.29) is 31.0 Å². The molecular weight excluding hydrogens is 301 g/mol. The highest BCUT2D eigenvalue weighted by molar-refractivity contribution is 5.95. The fraction of sp³-hybridized carbons (Fsp3) is 0.571. The predicted molar refractivity (Wildman–Crippen MR) is 73.2 cm³/mol. The molecule has 1 heterocycles. The number of amides is 1. The molecule has 0 bridgehead atoms. The molecule has 0 saturated heterocycles. The Morgan fingerprint density at radius 1 is 1.27 bits per heavy atom. The van der Waals surface area contributed by atoms with Gasteiger partial charge in [0.2, 0.25) is 0 Å². The largest absolute Gasteiger partial charge is 0.433 e. The maximum Gasteiger partial charge on any atom is 0.433 e. The van der Waals surface area contributed by atoms with Crippen LogP contribution in [-0.4, -0.2) is 52.8 Å². The quantitative estimate of drug-likeness (QED) is 0.862. The van der Waals surface area contributed by atoms with Crippen molar-refractivity contribution in [3.63, 3.8) is 0 Å². The summed E-state index contributed by atoms with van der Waals surface area (Å²) in [6.45, 7) is 2.32. The van der Waals surface area contributed by atoms with Gasteiger partial charge in [-0.05, 0) is 19.1 Å². The smallest absolute Gasteiger partial charge is 0.396 e. The second-order valence-electron chi connectivity index (χ2n) is 5.62. The van der Waals surface area contributed by atoms with Crippen molar-refractivity contribution in [3.8, 4) is 0 Å². The summed E-state index contributed by atoms with van der Waals surface area (Å²) in [5.74, 6) is -0.521. The van der Waals surface area contributed by atoms with Crippen molar-refractivity contribution in [2.75, 3.05) is 26.8 Å². The van der Waals surface area contributed by atoms with E-state index in [4.69, 9.17) is 0 Å². The van der Waals surface area contributed by atoms with E-state index in [0.29, 0.717) is 0 Å². The number of carbonyl (C=O) groups is 1. The van der Waals surface area contributed by atoms with Gasteiger partial charge in [-0.2, -0.15) is 13.2 Å². The number of aliphatic hydroxyl groups is 2. The van der Waals surface area contributed by atoms with E-state index in [0.717, 1.165) is 12.1 Å². The molecule has 0 spiro atoms. The van der Waals surface area contributed by atoms with E-state index >= 15 is 0 Å². The molecule has 8 heteroatoms. The predicted octanol–water partition coefficient (Wildman–Crippen LogP) is 1.47. The minimum atomic E-state index is -4.56. The molecule has 5 nitrogen and oxygen atoms in total. The summed E-state index contributed by atoms with van der Waals surface area (Å²) in [7, 11) is 1.45. The van der Waals surface area contributed by atoms with Crippen LogP contribution in [0.3, 0.4) is 0 Å². The zero-order chi connectivity index (χ0) is 17.1. The minimum absolute atomic E-state index is 0.0265. The van der Waals surface area contributed by atoms with Gasteiger partial charge in [0.05, 0.1) is 24.5 Å². The summed E-state index contributed by atoms with van der Waals surface area (Å²) in [4.78, 5) is 16.9. The fourth-order valence-electron chi connectivity index (χ4n) is 1.94. The van der Waals surface area contributed by atoms with Gasteiger partial charge in [-0.3, -0.25) is 4.79 Å². The first-order chi connectivity index (χ1) is 10.0. The number of halogens is 3. The summed E-state index contributed by atoms with van der Waals surface area (Å²) in [5.41, 5.74) is -1.92. The fourth-order valence-corrected chi connectivity index (χ4v) is 1.94. The number of aromatic nitrogens is 1. The van der Waals surface area contributed by atoms with Crippen LogP contribution in [0, 0.1) is 12.3 Å². The summed E-state index contributed by atoms with van der Waals surface area (Å²) in [5, 5.41) is 18.5. The van der Waals surface area contributed by atoms with E-state index < -0.39 is 23.2 Å². The highest BCUT2D eigenvalue weighted by Gasteiger charge is 2.33. The van der Waals surface area contributed by atoms with E-state index in [1.54, 1.807) is 6.92 Å². The molecule has 1 aromatic rings. The number of pyridine rings is 1. The molecule has 0 aliphatic heterocycles. The Morgan fingerprint density at radius 3 is 2.23 bits per heavy atom. The highest BCUT2D eigenvalue weighted by Crippen LogP contribution is 2.28. The second kappa shape index (κ2) is 6.62. The van der Waals surface area contributed by atoms with E-state index in [1.165, 1.54) is 18.9 Å². The van der Waals surface area contributed by atoms with Crippen molar-refractivity contribution >= 4 is 5.91 Å². The number of aliphatic hydroxyl groups excluding tert-OH is 2. The molecule has 0 saturated carbocycles. The van der Waals surface area contributed by atoms with E-state index in [1.807, 2.05) is 0 Å². The van der Waals surface area contributed by atoms with Crippen molar-refractivity contribution in [2.45, 2.75) is 20.0 Å². The Labute approximate surface area is 126 Å². The second-order valence-corrected chi connectivity index (χ2v) is 5.62. The number of hydrogen-bond acceptors (Lipinski definition) is 4. The molecule has 0 unspecified atom stereocenters. The van der Waals surface area contributed by atoms with Crippen molar-refractivity contribution in [2.24, 2.45) is 5.41 Å². The van der Waals surface area contributed by atoms with Gasteiger partial charge in [0.15, 0.2) is 0 Å². The number of alkyl halides is 3. The summed E-state index contributed by atoms with van der Waals surface area (Å²) >= 11 is 0. The zero-order valence-corrected chi connectivity index (χ0v) is 12.6. The standard InChI is InChI=1S/C14H19F3N2O3/c1-9-10(4-5-11(18-9)14(15,16)17)12(22)19(3)6-13(2,7-20)8-21/h4-5,20-21H,6-8H2,1-3H3. The van der Waals surface area contributed by atoms with Crippen LogP contribution in [-0.2, 0) is 6.18 Å². The van der Waals surface area contributed by atoms with Gasteiger partial charge in [-0.25, -0.2) is 4.98 Å². The molecule has 1 amide bonds. The van der Waals surface area contributed by atoms with Crippen molar-refractivity contribution in [1.82, 2.24) is 9.88 Å². The van der Waals surface area contributed by atoms with Crippen molar-refractivity contribution in [1.29, 1.82) is 0 Å². The molecule has 2 N–H and O–H groups in total. The zero-order valence-electron chi connectivity index (χ0n) is 12.6. The van der Waals surface area contributed by atoms with Crippen LogP contribution in [0.5, 0.6) is 0 Å². The van der Waals surface area contributed by atoms with Crippen molar-refractivity contribution < 1.29 is 28.2 Å². The Hall–Kier alpha value is -1.67. The van der Waals surface area contributed by atoms with Crippen LogP contribution in [0.2, 0.25) is 0 Å². The third kappa shape index (κ3) is 4.17. The van der Waals surface area contributed by atoms with E-state index in [9.17, 15) is 28.2 Å². The number of carbonyl (C=O) groups excluding carboxylic acids is 1. The molecule has 0 atom stereocenters. The maximum atomic E-state index is 12.6. The SMILES string of the molecule is Cc1nc(C(F)(F)F)ccc1C(=O)N(C)CC(C)(CO)CO. The van der Waals surface area contributed by atoms with Gasteiger partial charge in [0.1, 0.15) is 5.69 Å². The number of nitrogens with zero attached hydrogens (tertiary/aromatic N) is 2. The highest BCUT2D eigenvalue weighted by atomic mass is 19.4. The lowest BCUT2D eigenvalue weighted by atomic mass is 9.92. The number of aryl methyl sites for hydroxylation is 1. The third-order valence-electron chi connectivity index (χ3n) is 3.34. The van der Waals surface area contributed by atoms with Gasteiger partial charge in [-0.15, -0.1) is 0 Å². The minimum Gasteiger partial charge on any atom is -0.396 e. The number of rotatable bonds is 5. The number of hydrogen-bond donors (Lipinski definition) is 2. The van der Waals surface area contributed by atoms with Crippen LogP contribution in [0.15, 0.2) is 12.1 Å². The molecule has 1 aromatic heterocycles. The molecular formula is C14H19F3N2O3. The van der Waals surface area contributed by atoms with Gasteiger partial charge in [0, 0.05) is 19.0 Å². The average Bonchev–Trinajstić information content (AvgIpc) is 2.45. The van der Waals surface area contributed by atoms with Gasteiger partial charge in [0.25, 0.3) is 5.91 Å². The lowest BCUT2D eigenvalue weighted by Crippen LogP contribution is -2.41. The van der Waals surface area contributed by atoms with Crippen LogP contribution in [0.25, 0.3) is 0 Å². The molecule has 22 heavy (non-hydrogen) atoms. The van der Waals surface area contributed by atoms with Crippen LogP contribution < -0.4 is 0 Å². The molecule has 0 aliphatic rings. The van der Waals surface area contributed by atoms with Crippen LogP contribution in [0.4, 0.5) is 13.2 Å². The Bertz CT molecular complexity index is 543. The first-order valence-electron chi connectivity index (χ1n) is 6.56. The lowest BCUT2D eigenvalue weighted by Gasteiger charge is -2.30. The summed E-state index contributed by atoms with van der Waals surface area (Å²) in [6.07, 6.45) is -4.56. The van der Waals surface area contributed by atoms with Gasteiger partial charge < -0.3 is 15.1 Å². The normalized spacial score (nSPS) is 12.4. The average molecular weight is 320 g/mol. The van der Waals surface area contributed by atoms with Crippen LogP contribution >= 0.6 is 0 Å².